The first-order valence-corrected chi connectivity index (χ1v) is 44.6. The minimum absolute atomic E-state index is 0.0264. The lowest BCUT2D eigenvalue weighted by molar-refractivity contribution is 0.0935. The maximum Gasteiger partial charge on any atom is 0.145 e. The van der Waals surface area contributed by atoms with Crippen molar-refractivity contribution in [3.8, 4) is 56.3 Å². The maximum absolute atomic E-state index is 13.2. The summed E-state index contributed by atoms with van der Waals surface area (Å²) < 4.78 is 127. The van der Waals surface area contributed by atoms with Gasteiger partial charge in [-0.3, -0.25) is 0 Å². The van der Waals surface area contributed by atoms with Crippen LogP contribution in [-0.2, 0) is 66.1 Å². The highest BCUT2D eigenvalue weighted by Gasteiger charge is 2.48. The molecule has 10 aromatic rings. The summed E-state index contributed by atoms with van der Waals surface area (Å²) in [6.07, 6.45) is 4.66. The van der Waals surface area contributed by atoms with E-state index in [0.29, 0.717) is 61.9 Å². The van der Waals surface area contributed by atoms with Crippen LogP contribution in [0.3, 0.4) is 0 Å². The van der Waals surface area contributed by atoms with Crippen LogP contribution in [-0.4, -0.2) is 95.6 Å². The molecule has 0 bridgehead atoms. The Morgan fingerprint density at radius 3 is 1.13 bits per heavy atom. The molecule has 0 radical (unpaired) electrons. The highest BCUT2D eigenvalue weighted by molar-refractivity contribution is 7.85. The third kappa shape index (κ3) is 26.9. The summed E-state index contributed by atoms with van der Waals surface area (Å²) in [7, 11) is -5.08. The molecule has 15 nitrogen and oxygen atoms in total. The van der Waals surface area contributed by atoms with Crippen molar-refractivity contribution in [1.82, 2.24) is 44.0 Å². The number of benzene rings is 5. The van der Waals surface area contributed by atoms with E-state index < -0.39 is 69.3 Å². The van der Waals surface area contributed by atoms with Crippen LogP contribution in [0.1, 0.15) is 171 Å². The lowest BCUT2D eigenvalue weighted by atomic mass is 9.82. The molecule has 4 N–H and O–H groups in total. The fourth-order valence-corrected chi connectivity index (χ4v) is 17.0. The van der Waals surface area contributed by atoms with E-state index in [1.807, 2.05) is 138 Å². The molecule has 0 amide bonds. The number of aliphatic hydroxyl groups excluding tert-OH is 1. The van der Waals surface area contributed by atoms with Crippen molar-refractivity contribution in [2.45, 2.75) is 185 Å². The molecule has 0 aliphatic carbocycles. The second kappa shape index (κ2) is 40.8. The van der Waals surface area contributed by atoms with Crippen molar-refractivity contribution < 1.29 is 43.9 Å². The second-order valence-corrected chi connectivity index (χ2v) is 43.4. The molecule has 0 saturated carbocycles. The Labute approximate surface area is 732 Å². The normalized spacial score (nSPS) is 17.7. The molecule has 2 aliphatic heterocycles. The molecule has 5 aromatic heterocycles. The molecule has 2 aliphatic rings. The van der Waals surface area contributed by atoms with Gasteiger partial charge in [0.2, 0.25) is 0 Å². The number of nitrogens with one attached hydrogen (secondary N) is 3. The summed E-state index contributed by atoms with van der Waals surface area (Å²) >= 11 is 30.9. The minimum Gasteiger partial charge on any atom is -0.396 e. The number of aromatic nitrogens is 5. The van der Waals surface area contributed by atoms with Crippen molar-refractivity contribution in [3.05, 3.63) is 277 Å². The SMILES string of the molecule is C=CCC(C)(NS(=O)C(C)(C)C)c1cc(Cl)nc(-c2ccc(F)cc2)c1.CC(=NS(=O)C(C)(C)C)c1cc(Cl)nc(-c2ccc(F)cc2)c1.CC(CCO)(NS(=O)C(C)(C)C)c1cc(Cl)nc(-c2ccc(F)cc2)c1.CC1(c2cc(Cl)nc(-c3ccc(F)cc3)c2)CCN1.CC1(c2cc(Cl)nc(-c3ccc(F)cc3)c2)CCN1S(=O)C(C)(C)C. The highest BCUT2D eigenvalue weighted by atomic mass is 35.5. The molecular formula is C90H102Cl5F5N10O5S4. The molecule has 2 saturated heterocycles. The van der Waals surface area contributed by atoms with Gasteiger partial charge in [-0.15, -0.1) is 6.58 Å². The summed E-state index contributed by atoms with van der Waals surface area (Å²) in [5, 5.41) is 14.7. The van der Waals surface area contributed by atoms with Crippen molar-refractivity contribution in [2.24, 2.45) is 4.40 Å². The molecule has 8 unspecified atom stereocenters. The van der Waals surface area contributed by atoms with Crippen LogP contribution in [0.4, 0.5) is 22.0 Å². The van der Waals surface area contributed by atoms with Gasteiger partial charge < -0.3 is 10.4 Å². The topological polar surface area (TPSA) is 205 Å². The van der Waals surface area contributed by atoms with Crippen LogP contribution in [0.15, 0.2) is 199 Å². The van der Waals surface area contributed by atoms with Crippen LogP contribution < -0.4 is 14.8 Å². The van der Waals surface area contributed by atoms with Crippen LogP contribution in [0.2, 0.25) is 25.8 Å². The molecular weight excluding hydrogens is 1700 g/mol. The summed E-state index contributed by atoms with van der Waals surface area (Å²) in [6, 6.07) is 48.9. The lowest BCUT2D eigenvalue weighted by Crippen LogP contribution is -2.58. The first kappa shape index (κ1) is 97.2. The number of hydrogen-bond acceptors (Lipinski definition) is 11. The Balaban J connectivity index is 0.000000186. The average molecular weight is 1800 g/mol. The van der Waals surface area contributed by atoms with E-state index in [1.54, 1.807) is 97.9 Å². The van der Waals surface area contributed by atoms with E-state index in [4.69, 9.17) is 58.0 Å². The van der Waals surface area contributed by atoms with Crippen LogP contribution in [0.25, 0.3) is 56.3 Å². The van der Waals surface area contributed by atoms with Gasteiger partial charge in [-0.2, -0.15) is 4.40 Å². The van der Waals surface area contributed by atoms with E-state index >= 15 is 0 Å². The number of nitrogens with zero attached hydrogens (tertiary/aromatic N) is 7. The van der Waals surface area contributed by atoms with Gasteiger partial charge in [-0.05, 0) is 354 Å². The highest BCUT2D eigenvalue weighted by Crippen LogP contribution is 2.45. The predicted octanol–water partition coefficient (Wildman–Crippen LogP) is 23.1. The molecule has 12 rings (SSSR count). The molecule has 2 fully saturated rings. The standard InChI is InChI=1S/C20H24ClFN2OS.C19H24ClFN2O2S.C19H22ClFN2OS.C17H18ClFN2OS.C15H14ClFN2/c1-6-11-20(5,24-26(25)19(2,3)4)15-12-17(23-18(21)13-15)14-7-9-16(22)10-8-14;1-18(2,3)26(25)23-19(4,9-10-24)14-11-16(22-17(20)12-14)13-5-7-15(21)8-6-13;1-18(2,3)25(24)23-10-9-19(23,4)14-11-16(22-17(20)12-14)13-5-7-15(21)8-6-13;1-11(21-23(22)17(2,3)4)13-9-15(20-16(18)10-13)12-5-7-14(19)8-6-12;1-15(6-7-18-15)11-8-13(19-14(16)9-11)10-2-4-12(17)5-3-10/h6-10,12-13,24H,1,11H2,2-5H3;5-8,11-12,23-24H,9-10H2,1-4H3;5-8,11-12H,9-10H2,1-4H3;5-10H,1-4H3;2-5,8-9,18H,6-7H2,1H3. The Bertz CT molecular complexity index is 5330. The quantitative estimate of drug-likeness (QED) is 0.0244. The Kier molecular flexibility index (Phi) is 33.4. The zero-order valence-electron chi connectivity index (χ0n) is 69.7. The number of halogens is 10. The number of aliphatic hydroxyl groups is 1. The van der Waals surface area contributed by atoms with Gasteiger partial charge in [0.1, 0.15) is 76.8 Å². The zero-order valence-corrected chi connectivity index (χ0v) is 76.7. The van der Waals surface area contributed by atoms with Crippen molar-refractivity contribution >= 4 is 108 Å². The monoisotopic (exact) mass is 1800 g/mol. The second-order valence-electron chi connectivity index (χ2n) is 33.5. The third-order valence-electron chi connectivity index (χ3n) is 19.5. The Morgan fingerprint density at radius 1 is 0.479 bits per heavy atom. The summed E-state index contributed by atoms with van der Waals surface area (Å²) in [5.74, 6) is -1.49. The molecule has 636 valence electrons. The van der Waals surface area contributed by atoms with Crippen molar-refractivity contribution in [2.75, 3.05) is 19.7 Å². The largest absolute Gasteiger partial charge is 0.396 e. The van der Waals surface area contributed by atoms with Gasteiger partial charge in [0.05, 0.1) is 91.8 Å². The summed E-state index contributed by atoms with van der Waals surface area (Å²) in [4.78, 5) is 21.6. The van der Waals surface area contributed by atoms with Gasteiger partial charge in [-0.25, -0.2) is 77.5 Å². The summed E-state index contributed by atoms with van der Waals surface area (Å²) in [6.45, 7) is 38.3. The average Bonchev–Trinajstić information content (AvgIpc) is 0.734. The van der Waals surface area contributed by atoms with Gasteiger partial charge >= 0.3 is 0 Å². The van der Waals surface area contributed by atoms with Gasteiger partial charge in [0, 0.05) is 52.1 Å². The van der Waals surface area contributed by atoms with Crippen LogP contribution in [0, 0.1) is 29.1 Å². The Hall–Kier alpha value is -7.24. The molecule has 8 atom stereocenters. The molecule has 29 heteroatoms. The molecule has 7 heterocycles. The number of rotatable bonds is 20. The maximum atomic E-state index is 13.2. The van der Waals surface area contributed by atoms with E-state index in [9.17, 15) is 43.9 Å². The van der Waals surface area contributed by atoms with Gasteiger partial charge in [-0.1, -0.05) is 64.1 Å². The van der Waals surface area contributed by atoms with Gasteiger partial charge in [0.25, 0.3) is 0 Å². The van der Waals surface area contributed by atoms with Crippen molar-refractivity contribution in [1.29, 1.82) is 0 Å². The molecule has 0 spiro atoms. The minimum atomic E-state index is -1.35. The lowest BCUT2D eigenvalue weighted by Gasteiger charge is -2.51. The fraction of sp³-hybridized carbons (Fsp3) is 0.356. The van der Waals surface area contributed by atoms with Crippen LogP contribution >= 0.6 is 58.0 Å². The number of hydrogen-bond donors (Lipinski definition) is 4. The van der Waals surface area contributed by atoms with E-state index in [0.717, 1.165) is 87.3 Å². The first-order valence-electron chi connectivity index (χ1n) is 38.2. The van der Waals surface area contributed by atoms with E-state index in [1.165, 1.54) is 60.7 Å². The molecule has 119 heavy (non-hydrogen) atoms. The third-order valence-corrected chi connectivity index (χ3v) is 27.5. The van der Waals surface area contributed by atoms with E-state index in [-0.39, 0.29) is 56.7 Å². The molecule has 5 aromatic carbocycles. The predicted molar refractivity (Wildman–Crippen MR) is 483 cm³/mol. The Morgan fingerprint density at radius 2 is 0.807 bits per heavy atom. The van der Waals surface area contributed by atoms with E-state index in [2.05, 4.69) is 64.5 Å². The smallest absolute Gasteiger partial charge is 0.145 e. The van der Waals surface area contributed by atoms with Gasteiger partial charge in [0.15, 0.2) is 0 Å². The van der Waals surface area contributed by atoms with Crippen molar-refractivity contribution in [3.63, 3.8) is 0 Å². The summed E-state index contributed by atoms with van der Waals surface area (Å²) in [5.41, 5.74) is 10.5. The first-order chi connectivity index (χ1) is 55.4. The number of pyridine rings is 5. The zero-order chi connectivity index (χ0) is 88.1. The fourth-order valence-electron chi connectivity index (χ4n) is 12.0. The van der Waals surface area contributed by atoms with Crippen LogP contribution in [0.5, 0.6) is 0 Å².